The average molecular weight is 439 g/mol. The number of thiophene rings is 1. The number of rotatable bonds is 6. The van der Waals surface area contributed by atoms with Gasteiger partial charge in [-0.15, -0.1) is 11.3 Å². The standard InChI is InChI=1S/C24H30N4O2S/c29-24(22-4-2-17-30-22)25-28-11-7-19(8-12-28)6-10-26-13-15-27(16-14-26)21-3-1-5-23-20(21)9-18-31-23/h1-5,9,17-19H,6-8,10-16H2,(H,25,29). The Labute approximate surface area is 187 Å². The summed E-state index contributed by atoms with van der Waals surface area (Å²) in [6.45, 7) is 7.49. The molecule has 4 heterocycles. The molecule has 5 rings (SSSR count). The van der Waals surface area contributed by atoms with Gasteiger partial charge in [0.25, 0.3) is 0 Å². The smallest absolute Gasteiger partial charge is 0.301 e. The van der Waals surface area contributed by atoms with Crippen LogP contribution in [0.15, 0.2) is 52.5 Å². The van der Waals surface area contributed by atoms with Gasteiger partial charge in [0.1, 0.15) is 0 Å². The third-order valence-corrected chi connectivity index (χ3v) is 7.54. The van der Waals surface area contributed by atoms with Gasteiger partial charge >= 0.3 is 5.91 Å². The first-order chi connectivity index (χ1) is 15.3. The lowest BCUT2D eigenvalue weighted by Crippen LogP contribution is -2.48. The van der Waals surface area contributed by atoms with Crippen LogP contribution in [0.3, 0.4) is 0 Å². The quantitative estimate of drug-likeness (QED) is 0.629. The predicted octanol–water partition coefficient (Wildman–Crippen LogP) is 4.06. The van der Waals surface area contributed by atoms with Gasteiger partial charge in [-0.1, -0.05) is 6.07 Å². The monoisotopic (exact) mass is 438 g/mol. The molecule has 0 spiro atoms. The van der Waals surface area contributed by atoms with Gasteiger partial charge in [-0.2, -0.15) is 0 Å². The minimum atomic E-state index is -0.153. The van der Waals surface area contributed by atoms with Gasteiger partial charge in [0.05, 0.1) is 6.26 Å². The molecule has 1 aromatic carbocycles. The minimum Gasteiger partial charge on any atom is -0.459 e. The zero-order chi connectivity index (χ0) is 21.0. The maximum Gasteiger partial charge on any atom is 0.301 e. The number of benzene rings is 1. The topological polar surface area (TPSA) is 52.0 Å². The Hall–Kier alpha value is -2.35. The van der Waals surface area contributed by atoms with Crippen LogP contribution < -0.4 is 10.3 Å². The first kappa shape index (κ1) is 20.5. The summed E-state index contributed by atoms with van der Waals surface area (Å²) in [7, 11) is 0. The fraction of sp³-hybridized carbons (Fsp3) is 0.458. The van der Waals surface area contributed by atoms with Crippen molar-refractivity contribution in [2.24, 2.45) is 5.92 Å². The Morgan fingerprint density at radius 3 is 2.65 bits per heavy atom. The number of nitrogens with zero attached hydrogens (tertiary/aromatic N) is 3. The molecular weight excluding hydrogens is 408 g/mol. The fourth-order valence-corrected chi connectivity index (χ4v) is 5.58. The van der Waals surface area contributed by atoms with Crippen molar-refractivity contribution >= 4 is 33.0 Å². The normalized spacial score (nSPS) is 19.2. The third-order valence-electron chi connectivity index (χ3n) is 6.66. The molecule has 2 fully saturated rings. The number of furan rings is 1. The van der Waals surface area contributed by atoms with Crippen LogP contribution in [0, 0.1) is 5.92 Å². The lowest BCUT2D eigenvalue weighted by atomic mass is 9.94. The molecule has 0 unspecified atom stereocenters. The van der Waals surface area contributed by atoms with E-state index in [0.29, 0.717) is 5.76 Å². The van der Waals surface area contributed by atoms with Crippen molar-refractivity contribution < 1.29 is 9.21 Å². The molecule has 2 aliphatic rings. The zero-order valence-electron chi connectivity index (χ0n) is 17.8. The molecule has 0 bridgehead atoms. The van der Waals surface area contributed by atoms with Gasteiger partial charge in [0, 0.05) is 55.0 Å². The third kappa shape index (κ3) is 4.79. The van der Waals surface area contributed by atoms with Gasteiger partial charge in [-0.05, 0) is 67.4 Å². The van der Waals surface area contributed by atoms with E-state index in [1.165, 1.54) is 35.0 Å². The molecule has 0 aliphatic carbocycles. The number of amides is 1. The second kappa shape index (κ2) is 9.42. The zero-order valence-corrected chi connectivity index (χ0v) is 18.7. The second-order valence-electron chi connectivity index (χ2n) is 8.58. The maximum absolute atomic E-state index is 12.1. The van der Waals surface area contributed by atoms with Gasteiger partial charge in [0.15, 0.2) is 5.76 Å². The summed E-state index contributed by atoms with van der Waals surface area (Å²) in [5, 5.41) is 5.62. The number of hydrogen-bond donors (Lipinski definition) is 1. The van der Waals surface area contributed by atoms with E-state index in [2.05, 4.69) is 44.9 Å². The summed E-state index contributed by atoms with van der Waals surface area (Å²) in [4.78, 5) is 17.3. The van der Waals surface area contributed by atoms with Crippen LogP contribution in [-0.4, -0.2) is 61.6 Å². The lowest BCUT2D eigenvalue weighted by Gasteiger charge is -2.38. The van der Waals surface area contributed by atoms with E-state index in [4.69, 9.17) is 4.42 Å². The molecule has 164 valence electrons. The molecule has 0 radical (unpaired) electrons. The van der Waals surface area contributed by atoms with Gasteiger partial charge in [-0.25, -0.2) is 5.01 Å². The number of fused-ring (bicyclic) bond motifs is 1. The molecule has 1 N–H and O–H groups in total. The summed E-state index contributed by atoms with van der Waals surface area (Å²) < 4.78 is 6.55. The summed E-state index contributed by atoms with van der Waals surface area (Å²) in [6.07, 6.45) is 5.06. The number of piperidine rings is 1. The summed E-state index contributed by atoms with van der Waals surface area (Å²) in [5.74, 6) is 0.963. The highest BCUT2D eigenvalue weighted by Crippen LogP contribution is 2.31. The molecule has 31 heavy (non-hydrogen) atoms. The lowest BCUT2D eigenvalue weighted by molar-refractivity contribution is 0.0660. The van der Waals surface area contributed by atoms with Crippen LogP contribution in [0.2, 0.25) is 0 Å². The van der Waals surface area contributed by atoms with Crippen molar-refractivity contribution in [1.29, 1.82) is 0 Å². The van der Waals surface area contributed by atoms with Gasteiger partial charge < -0.3 is 9.32 Å². The number of carbonyl (C=O) groups excluding carboxylic acids is 1. The highest BCUT2D eigenvalue weighted by molar-refractivity contribution is 7.17. The highest BCUT2D eigenvalue weighted by atomic mass is 32.1. The van der Waals surface area contributed by atoms with Crippen molar-refractivity contribution in [1.82, 2.24) is 15.3 Å². The highest BCUT2D eigenvalue weighted by Gasteiger charge is 2.24. The number of hydrogen-bond acceptors (Lipinski definition) is 6. The molecular formula is C24H30N4O2S. The van der Waals surface area contributed by atoms with Crippen molar-refractivity contribution in [2.75, 3.05) is 50.7 Å². The minimum absolute atomic E-state index is 0.153. The van der Waals surface area contributed by atoms with Crippen molar-refractivity contribution in [3.05, 3.63) is 53.8 Å². The maximum atomic E-state index is 12.1. The first-order valence-corrected chi connectivity index (χ1v) is 12.2. The Morgan fingerprint density at radius 1 is 1.03 bits per heavy atom. The number of nitrogens with one attached hydrogen (secondary N) is 1. The van der Waals surface area contributed by atoms with E-state index in [1.807, 2.05) is 16.3 Å². The summed E-state index contributed by atoms with van der Waals surface area (Å²) >= 11 is 1.82. The van der Waals surface area contributed by atoms with E-state index in [1.54, 1.807) is 12.1 Å². The largest absolute Gasteiger partial charge is 0.459 e. The van der Waals surface area contributed by atoms with Crippen LogP contribution in [-0.2, 0) is 0 Å². The van der Waals surface area contributed by atoms with E-state index >= 15 is 0 Å². The van der Waals surface area contributed by atoms with Crippen molar-refractivity contribution in [3.63, 3.8) is 0 Å². The van der Waals surface area contributed by atoms with Gasteiger partial charge in [-0.3, -0.25) is 15.1 Å². The van der Waals surface area contributed by atoms with E-state index in [0.717, 1.165) is 58.0 Å². The van der Waals surface area contributed by atoms with Crippen LogP contribution in [0.4, 0.5) is 5.69 Å². The molecule has 3 aromatic rings. The Bertz CT molecular complexity index is 986. The van der Waals surface area contributed by atoms with Crippen LogP contribution >= 0.6 is 11.3 Å². The molecule has 0 saturated carbocycles. The fourth-order valence-electron chi connectivity index (χ4n) is 4.77. The van der Waals surface area contributed by atoms with E-state index in [-0.39, 0.29) is 5.91 Å². The van der Waals surface area contributed by atoms with Crippen LogP contribution in [0.5, 0.6) is 0 Å². The van der Waals surface area contributed by atoms with E-state index in [9.17, 15) is 4.79 Å². The second-order valence-corrected chi connectivity index (χ2v) is 9.52. The molecule has 1 amide bonds. The SMILES string of the molecule is O=C(NN1CCC(CCN2CCN(c3cccc4sccc34)CC2)CC1)c1ccco1. The average Bonchev–Trinajstić information content (AvgIpc) is 3.51. The molecule has 2 aliphatic heterocycles. The van der Waals surface area contributed by atoms with E-state index < -0.39 is 0 Å². The number of carbonyl (C=O) groups is 1. The van der Waals surface area contributed by atoms with Crippen LogP contribution in [0.1, 0.15) is 29.8 Å². The first-order valence-electron chi connectivity index (χ1n) is 11.3. The van der Waals surface area contributed by atoms with Crippen molar-refractivity contribution in [2.45, 2.75) is 19.3 Å². The molecule has 2 aromatic heterocycles. The number of anilines is 1. The Kier molecular flexibility index (Phi) is 6.25. The van der Waals surface area contributed by atoms with Crippen LogP contribution in [0.25, 0.3) is 10.1 Å². The Morgan fingerprint density at radius 2 is 1.87 bits per heavy atom. The van der Waals surface area contributed by atoms with Gasteiger partial charge in [0.2, 0.25) is 0 Å². The molecule has 2 saturated heterocycles. The van der Waals surface area contributed by atoms with Crippen molar-refractivity contribution in [3.8, 4) is 0 Å². The predicted molar refractivity (Wildman–Crippen MR) is 126 cm³/mol. The molecule has 0 atom stereocenters. The summed E-state index contributed by atoms with van der Waals surface area (Å²) in [5.41, 5.74) is 4.35. The Balaban J connectivity index is 1.03. The number of piperazine rings is 1. The molecule has 7 heteroatoms. The number of hydrazine groups is 1. The summed E-state index contributed by atoms with van der Waals surface area (Å²) in [6, 6.07) is 12.4. The molecule has 6 nitrogen and oxygen atoms in total.